The Hall–Kier alpha value is -3.24. The summed E-state index contributed by atoms with van der Waals surface area (Å²) in [7, 11) is 0. The zero-order valence-electron chi connectivity index (χ0n) is 16.9. The van der Waals surface area contributed by atoms with Crippen molar-refractivity contribution in [2.45, 2.75) is 5.60 Å². The van der Waals surface area contributed by atoms with Crippen molar-refractivity contribution in [2.75, 3.05) is 0 Å². The van der Waals surface area contributed by atoms with Gasteiger partial charge in [-0.2, -0.15) is 0 Å². The maximum absolute atomic E-state index is 12.1. The molecule has 0 bridgehead atoms. The number of aromatic nitrogens is 2. The first-order valence-electron chi connectivity index (χ1n) is 10.1. The zero-order valence-corrected chi connectivity index (χ0v) is 18.4. The van der Waals surface area contributed by atoms with Gasteiger partial charge in [-0.05, 0) is 47.0 Å². The molecule has 1 unspecified atom stereocenters. The third-order valence-electron chi connectivity index (χ3n) is 5.63. The molecule has 156 valence electrons. The van der Waals surface area contributed by atoms with E-state index in [1.54, 1.807) is 36.8 Å². The lowest BCUT2D eigenvalue weighted by Gasteiger charge is -2.30. The second-order valence-corrected chi connectivity index (χ2v) is 8.36. The molecule has 32 heavy (non-hydrogen) atoms. The summed E-state index contributed by atoms with van der Waals surface area (Å²) in [4.78, 5) is 8.83. The highest BCUT2D eigenvalue weighted by molar-refractivity contribution is 6.38. The molecule has 0 aliphatic rings. The van der Waals surface area contributed by atoms with Gasteiger partial charge in [-0.15, -0.1) is 0 Å². The summed E-state index contributed by atoms with van der Waals surface area (Å²) in [5.41, 5.74) is 3.01. The summed E-state index contributed by atoms with van der Waals surface area (Å²) in [5, 5.41) is 14.0. The molecule has 2 heterocycles. The quantitative estimate of drug-likeness (QED) is 0.320. The van der Waals surface area contributed by atoms with E-state index in [2.05, 4.69) is 9.97 Å². The highest BCUT2D eigenvalue weighted by atomic mass is 35.5. The van der Waals surface area contributed by atoms with E-state index in [1.807, 2.05) is 66.7 Å². The highest BCUT2D eigenvalue weighted by Crippen LogP contribution is 2.40. The molecule has 1 atom stereocenters. The van der Waals surface area contributed by atoms with E-state index in [0.29, 0.717) is 26.7 Å². The fourth-order valence-electron chi connectivity index (χ4n) is 3.99. The molecule has 5 heteroatoms. The lowest BCUT2D eigenvalue weighted by molar-refractivity contribution is 0.125. The number of aliphatic hydroxyl groups is 1. The molecule has 3 nitrogen and oxygen atoms in total. The largest absolute Gasteiger partial charge is 0.376 e. The van der Waals surface area contributed by atoms with E-state index in [-0.39, 0.29) is 0 Å². The van der Waals surface area contributed by atoms with Gasteiger partial charge in [0, 0.05) is 40.1 Å². The minimum Gasteiger partial charge on any atom is -0.376 e. The third kappa shape index (κ3) is 3.55. The number of hydrogen-bond donors (Lipinski definition) is 1. The van der Waals surface area contributed by atoms with Gasteiger partial charge in [0.2, 0.25) is 0 Å². The van der Waals surface area contributed by atoms with Gasteiger partial charge in [0.1, 0.15) is 5.60 Å². The monoisotopic (exact) mass is 456 g/mol. The van der Waals surface area contributed by atoms with E-state index >= 15 is 0 Å². The topological polar surface area (TPSA) is 46.0 Å². The van der Waals surface area contributed by atoms with Crippen molar-refractivity contribution >= 4 is 34.1 Å². The Kier molecular flexibility index (Phi) is 5.40. The number of benzene rings is 3. The summed E-state index contributed by atoms with van der Waals surface area (Å²) < 4.78 is 0. The van der Waals surface area contributed by atoms with Gasteiger partial charge >= 0.3 is 0 Å². The Morgan fingerprint density at radius 2 is 1.50 bits per heavy atom. The van der Waals surface area contributed by atoms with Gasteiger partial charge in [-0.25, -0.2) is 0 Å². The predicted octanol–water partition coefficient (Wildman–Crippen LogP) is 6.89. The lowest BCUT2D eigenvalue weighted by Crippen LogP contribution is -2.29. The summed E-state index contributed by atoms with van der Waals surface area (Å²) >= 11 is 13.1. The Morgan fingerprint density at radius 1 is 0.719 bits per heavy atom. The average Bonchev–Trinajstić information content (AvgIpc) is 2.85. The van der Waals surface area contributed by atoms with Crippen molar-refractivity contribution < 1.29 is 5.11 Å². The van der Waals surface area contributed by atoms with Gasteiger partial charge in [-0.3, -0.25) is 9.97 Å². The summed E-state index contributed by atoms with van der Waals surface area (Å²) in [6.45, 7) is 0. The maximum Gasteiger partial charge on any atom is 0.142 e. The van der Waals surface area contributed by atoms with Crippen LogP contribution in [-0.4, -0.2) is 15.1 Å². The molecule has 2 aromatic heterocycles. The molecule has 0 aliphatic carbocycles. The van der Waals surface area contributed by atoms with E-state index in [9.17, 15) is 5.11 Å². The van der Waals surface area contributed by atoms with Crippen LogP contribution in [-0.2, 0) is 5.60 Å². The lowest BCUT2D eigenvalue weighted by atomic mass is 9.80. The summed E-state index contributed by atoms with van der Waals surface area (Å²) in [6.07, 6.45) is 5.12. The second kappa shape index (κ2) is 8.36. The number of fused-ring (bicyclic) bond motifs is 1. The van der Waals surface area contributed by atoms with Crippen molar-refractivity contribution in [1.82, 2.24) is 9.97 Å². The first-order chi connectivity index (χ1) is 15.6. The highest BCUT2D eigenvalue weighted by Gasteiger charge is 2.34. The minimum atomic E-state index is -1.47. The van der Waals surface area contributed by atoms with E-state index in [0.717, 1.165) is 22.0 Å². The Morgan fingerprint density at radius 3 is 2.25 bits per heavy atom. The molecule has 3 aromatic carbocycles. The van der Waals surface area contributed by atoms with Crippen LogP contribution in [0.5, 0.6) is 0 Å². The van der Waals surface area contributed by atoms with E-state index in [1.165, 1.54) is 0 Å². The van der Waals surface area contributed by atoms with Crippen molar-refractivity contribution in [3.8, 4) is 11.1 Å². The Balaban J connectivity index is 1.76. The fourth-order valence-corrected chi connectivity index (χ4v) is 4.49. The molecule has 0 fully saturated rings. The molecule has 0 radical (unpaired) electrons. The molecule has 5 aromatic rings. The maximum atomic E-state index is 12.1. The third-order valence-corrected chi connectivity index (χ3v) is 6.27. The molecule has 0 spiro atoms. The van der Waals surface area contributed by atoms with Gasteiger partial charge in [-0.1, -0.05) is 77.8 Å². The number of nitrogens with zero attached hydrogens (tertiary/aromatic N) is 2. The average molecular weight is 457 g/mol. The van der Waals surface area contributed by atoms with Crippen molar-refractivity contribution in [3.05, 3.63) is 130 Å². The van der Waals surface area contributed by atoms with Gasteiger partial charge in [0.25, 0.3) is 0 Å². The standard InChI is InChI=1S/C27H18Cl2N2O/c28-22-10-4-8-19(14-22)27(32,21-9-5-13-30-16-21)20-11-12-25-23(15-20)26(29)24(17-31-25)18-6-2-1-3-7-18/h1-17,32H. The summed E-state index contributed by atoms with van der Waals surface area (Å²) in [6, 6.07) is 26.4. The number of halogens is 2. The first-order valence-corrected chi connectivity index (χ1v) is 10.9. The number of rotatable bonds is 4. The van der Waals surface area contributed by atoms with Crippen molar-refractivity contribution in [1.29, 1.82) is 0 Å². The number of hydrogen-bond acceptors (Lipinski definition) is 3. The summed E-state index contributed by atoms with van der Waals surface area (Å²) in [5.74, 6) is 0. The van der Waals surface area contributed by atoms with Crippen molar-refractivity contribution in [2.24, 2.45) is 0 Å². The number of pyridine rings is 2. The van der Waals surface area contributed by atoms with Crippen LogP contribution < -0.4 is 0 Å². The molecular weight excluding hydrogens is 439 g/mol. The van der Waals surface area contributed by atoms with Gasteiger partial charge in [0.15, 0.2) is 0 Å². The SMILES string of the molecule is OC(c1cccnc1)(c1cccc(Cl)c1)c1ccc2ncc(-c3ccccc3)c(Cl)c2c1. The van der Waals surface area contributed by atoms with Gasteiger partial charge in [0.05, 0.1) is 10.5 Å². The van der Waals surface area contributed by atoms with Crippen LogP contribution >= 0.6 is 23.2 Å². The molecule has 0 aliphatic heterocycles. The van der Waals surface area contributed by atoms with Crippen LogP contribution in [0.2, 0.25) is 10.0 Å². The van der Waals surface area contributed by atoms with Crippen molar-refractivity contribution in [3.63, 3.8) is 0 Å². The molecule has 0 saturated carbocycles. The predicted molar refractivity (Wildman–Crippen MR) is 130 cm³/mol. The van der Waals surface area contributed by atoms with Crippen LogP contribution in [0.4, 0.5) is 0 Å². The molecule has 0 amide bonds. The van der Waals surface area contributed by atoms with E-state index in [4.69, 9.17) is 23.2 Å². The van der Waals surface area contributed by atoms with Crippen LogP contribution in [0, 0.1) is 0 Å². The van der Waals surface area contributed by atoms with Gasteiger partial charge < -0.3 is 5.11 Å². The second-order valence-electron chi connectivity index (χ2n) is 7.55. The Bertz CT molecular complexity index is 1410. The fraction of sp³-hybridized carbons (Fsp3) is 0.0370. The smallest absolute Gasteiger partial charge is 0.142 e. The normalized spacial score (nSPS) is 13.1. The minimum absolute atomic E-state index is 0.539. The molecule has 0 saturated heterocycles. The van der Waals surface area contributed by atoms with Crippen LogP contribution in [0.1, 0.15) is 16.7 Å². The molecular formula is C27H18Cl2N2O. The van der Waals surface area contributed by atoms with Crippen LogP contribution in [0.25, 0.3) is 22.0 Å². The molecule has 1 N–H and O–H groups in total. The zero-order chi connectivity index (χ0) is 22.1. The molecule has 5 rings (SSSR count). The Labute approximate surface area is 195 Å². The first kappa shape index (κ1) is 20.7. The van der Waals surface area contributed by atoms with E-state index < -0.39 is 5.60 Å². The van der Waals surface area contributed by atoms with Crippen LogP contribution in [0.15, 0.2) is 104 Å². The van der Waals surface area contributed by atoms with Crippen LogP contribution in [0.3, 0.4) is 0 Å².